The lowest BCUT2D eigenvalue weighted by Gasteiger charge is -2.16. The average Bonchev–Trinajstić information content (AvgIpc) is 2.75. The summed E-state index contributed by atoms with van der Waals surface area (Å²) in [5.41, 5.74) is 0. The highest BCUT2D eigenvalue weighted by molar-refractivity contribution is 7.89. The lowest BCUT2D eigenvalue weighted by atomic mass is 10.1. The molecule has 0 saturated heterocycles. The molecule has 1 aromatic heterocycles. The Labute approximate surface area is 112 Å². The highest BCUT2D eigenvalue weighted by Crippen LogP contribution is 2.12. The molecule has 0 aliphatic rings. The van der Waals surface area contributed by atoms with Crippen LogP contribution in [0.4, 0.5) is 0 Å². The number of nitrogens with one attached hydrogen (secondary N) is 1. The fourth-order valence-corrected chi connectivity index (χ4v) is 3.09. The van der Waals surface area contributed by atoms with E-state index in [1.54, 1.807) is 6.92 Å². The Hall–Kier alpha value is -1.41. The van der Waals surface area contributed by atoms with Crippen LogP contribution in [0.2, 0.25) is 0 Å². The van der Waals surface area contributed by atoms with E-state index in [2.05, 4.69) is 9.82 Å². The third-order valence-corrected chi connectivity index (χ3v) is 4.05. The van der Waals surface area contributed by atoms with Crippen LogP contribution in [-0.4, -0.2) is 35.3 Å². The summed E-state index contributed by atoms with van der Waals surface area (Å²) in [5, 5.41) is 12.9. The number of nitrogens with zero attached hydrogens (tertiary/aromatic N) is 2. The molecule has 2 N–H and O–H groups in total. The number of aryl methyl sites for hydroxylation is 1. The molecule has 1 atom stereocenters. The number of hydrogen-bond donors (Lipinski definition) is 2. The van der Waals surface area contributed by atoms with Crippen molar-refractivity contribution in [1.82, 2.24) is 14.5 Å². The number of aromatic nitrogens is 2. The van der Waals surface area contributed by atoms with Gasteiger partial charge >= 0.3 is 5.97 Å². The van der Waals surface area contributed by atoms with Crippen molar-refractivity contribution in [3.63, 3.8) is 0 Å². The summed E-state index contributed by atoms with van der Waals surface area (Å²) in [6.45, 7) is 5.82. The SMILES string of the molecule is CCn1nccc1S(=O)(=O)NC(CC(C)C)C(=O)O. The van der Waals surface area contributed by atoms with Gasteiger partial charge in [-0.3, -0.25) is 9.48 Å². The summed E-state index contributed by atoms with van der Waals surface area (Å²) in [5.74, 6) is -1.11. The van der Waals surface area contributed by atoms with Crippen LogP contribution in [0.15, 0.2) is 17.3 Å². The molecule has 8 heteroatoms. The Balaban J connectivity index is 2.97. The van der Waals surface area contributed by atoms with Gasteiger partial charge in [-0.15, -0.1) is 0 Å². The van der Waals surface area contributed by atoms with Crippen LogP contribution in [0.25, 0.3) is 0 Å². The lowest BCUT2D eigenvalue weighted by Crippen LogP contribution is -2.42. The van der Waals surface area contributed by atoms with E-state index < -0.39 is 22.0 Å². The number of aliphatic carboxylic acids is 1. The van der Waals surface area contributed by atoms with Crippen LogP contribution in [0, 0.1) is 5.92 Å². The van der Waals surface area contributed by atoms with Gasteiger partial charge in [-0.2, -0.15) is 9.82 Å². The molecule has 0 fully saturated rings. The molecule has 0 amide bonds. The zero-order valence-electron chi connectivity index (χ0n) is 11.2. The van der Waals surface area contributed by atoms with E-state index in [-0.39, 0.29) is 17.4 Å². The molecular weight excluding hydrogens is 270 g/mol. The molecule has 1 heterocycles. The Morgan fingerprint density at radius 1 is 1.53 bits per heavy atom. The van der Waals surface area contributed by atoms with Crippen LogP contribution >= 0.6 is 0 Å². The van der Waals surface area contributed by atoms with Crippen molar-refractivity contribution in [2.45, 2.75) is 44.8 Å². The van der Waals surface area contributed by atoms with Crippen LogP contribution in [0.1, 0.15) is 27.2 Å². The minimum atomic E-state index is -3.88. The van der Waals surface area contributed by atoms with Gasteiger partial charge in [0.25, 0.3) is 10.0 Å². The van der Waals surface area contributed by atoms with Gasteiger partial charge in [-0.1, -0.05) is 13.8 Å². The first kappa shape index (κ1) is 15.6. The number of hydrogen-bond acceptors (Lipinski definition) is 4. The second-order valence-electron chi connectivity index (χ2n) is 4.63. The van der Waals surface area contributed by atoms with Gasteiger partial charge in [0.15, 0.2) is 5.03 Å². The van der Waals surface area contributed by atoms with Crippen molar-refractivity contribution < 1.29 is 18.3 Å². The van der Waals surface area contributed by atoms with Crippen molar-refractivity contribution in [1.29, 1.82) is 0 Å². The third kappa shape index (κ3) is 4.03. The van der Waals surface area contributed by atoms with Gasteiger partial charge in [0.2, 0.25) is 0 Å². The number of rotatable bonds is 7. The highest BCUT2D eigenvalue weighted by Gasteiger charge is 2.28. The van der Waals surface area contributed by atoms with Gasteiger partial charge in [0, 0.05) is 6.54 Å². The van der Waals surface area contributed by atoms with Crippen LogP contribution in [0.3, 0.4) is 0 Å². The van der Waals surface area contributed by atoms with Gasteiger partial charge < -0.3 is 5.11 Å². The van der Waals surface area contributed by atoms with Crippen LogP contribution < -0.4 is 4.72 Å². The van der Waals surface area contributed by atoms with Gasteiger partial charge in [0.05, 0.1) is 6.20 Å². The lowest BCUT2D eigenvalue weighted by molar-refractivity contribution is -0.139. The molecule has 19 heavy (non-hydrogen) atoms. The van der Waals surface area contributed by atoms with Gasteiger partial charge in [-0.25, -0.2) is 8.42 Å². The third-order valence-electron chi connectivity index (χ3n) is 2.56. The van der Waals surface area contributed by atoms with Gasteiger partial charge in [-0.05, 0) is 25.3 Å². The molecule has 1 rings (SSSR count). The van der Waals surface area contributed by atoms with E-state index >= 15 is 0 Å². The zero-order valence-corrected chi connectivity index (χ0v) is 12.0. The molecular formula is C11H19N3O4S. The fraction of sp³-hybridized carbons (Fsp3) is 0.636. The molecule has 0 aromatic carbocycles. The normalized spacial score (nSPS) is 13.7. The van der Waals surface area contributed by atoms with E-state index in [0.717, 1.165) is 0 Å². The second-order valence-corrected chi connectivity index (χ2v) is 6.29. The predicted octanol–water partition coefficient (Wildman–Crippen LogP) is 0.681. The molecule has 0 bridgehead atoms. The summed E-state index contributed by atoms with van der Waals surface area (Å²) in [6.07, 6.45) is 1.60. The molecule has 0 aliphatic heterocycles. The van der Waals surface area contributed by atoms with Crippen molar-refractivity contribution >= 4 is 16.0 Å². The molecule has 7 nitrogen and oxygen atoms in total. The first-order chi connectivity index (χ1) is 8.77. The monoisotopic (exact) mass is 289 g/mol. The molecule has 0 radical (unpaired) electrons. The highest BCUT2D eigenvalue weighted by atomic mass is 32.2. The minimum absolute atomic E-state index is 0.0231. The number of carboxylic acid groups (broad SMARTS) is 1. The first-order valence-corrected chi connectivity index (χ1v) is 7.53. The van der Waals surface area contributed by atoms with Gasteiger partial charge in [0.1, 0.15) is 6.04 Å². The zero-order chi connectivity index (χ0) is 14.6. The molecule has 0 aliphatic carbocycles. The quantitative estimate of drug-likeness (QED) is 0.768. The average molecular weight is 289 g/mol. The minimum Gasteiger partial charge on any atom is -0.480 e. The Kier molecular flexibility index (Phi) is 5.07. The summed E-state index contributed by atoms with van der Waals surface area (Å²) in [4.78, 5) is 11.1. The molecule has 1 aromatic rings. The van der Waals surface area contributed by atoms with E-state index in [1.807, 2.05) is 13.8 Å². The van der Waals surface area contributed by atoms with Crippen LogP contribution in [0.5, 0.6) is 0 Å². The van der Waals surface area contributed by atoms with Crippen molar-refractivity contribution in [2.24, 2.45) is 5.92 Å². The summed E-state index contributed by atoms with van der Waals surface area (Å²) < 4.78 is 27.8. The standard InChI is InChI=1S/C11H19N3O4S/c1-4-14-10(5-6-12-14)19(17,18)13-9(11(15)16)7-8(2)3/h5-6,8-9,13H,4,7H2,1-3H3,(H,15,16). The summed E-state index contributed by atoms with van der Waals surface area (Å²) >= 11 is 0. The fourth-order valence-electron chi connectivity index (χ4n) is 1.70. The molecule has 108 valence electrons. The number of sulfonamides is 1. The number of carbonyl (C=O) groups is 1. The Morgan fingerprint density at radius 2 is 2.16 bits per heavy atom. The molecule has 0 saturated carbocycles. The predicted molar refractivity (Wildman–Crippen MR) is 69.1 cm³/mol. The van der Waals surface area contributed by atoms with E-state index in [9.17, 15) is 13.2 Å². The Bertz CT molecular complexity index is 536. The smallest absolute Gasteiger partial charge is 0.321 e. The van der Waals surface area contributed by atoms with E-state index in [4.69, 9.17) is 5.11 Å². The molecule has 0 spiro atoms. The maximum absolute atomic E-state index is 12.1. The second kappa shape index (κ2) is 6.16. The topological polar surface area (TPSA) is 101 Å². The maximum Gasteiger partial charge on any atom is 0.321 e. The van der Waals surface area contributed by atoms with E-state index in [0.29, 0.717) is 6.54 Å². The number of carboxylic acids is 1. The Morgan fingerprint density at radius 3 is 2.63 bits per heavy atom. The maximum atomic E-state index is 12.1. The summed E-state index contributed by atoms with van der Waals surface area (Å²) in [6, 6.07) is 0.213. The van der Waals surface area contributed by atoms with Crippen LogP contribution in [-0.2, 0) is 21.4 Å². The molecule has 1 unspecified atom stereocenters. The van der Waals surface area contributed by atoms with Crippen molar-refractivity contribution in [3.05, 3.63) is 12.3 Å². The van der Waals surface area contributed by atoms with E-state index in [1.165, 1.54) is 16.9 Å². The first-order valence-electron chi connectivity index (χ1n) is 6.05. The van der Waals surface area contributed by atoms with Crippen molar-refractivity contribution in [2.75, 3.05) is 0 Å². The largest absolute Gasteiger partial charge is 0.480 e. The summed E-state index contributed by atoms with van der Waals surface area (Å²) in [7, 11) is -3.88. The van der Waals surface area contributed by atoms with Crippen molar-refractivity contribution in [3.8, 4) is 0 Å².